The van der Waals surface area contributed by atoms with Gasteiger partial charge in [-0.25, -0.2) is 4.79 Å². The summed E-state index contributed by atoms with van der Waals surface area (Å²) in [6, 6.07) is 5.11. The lowest BCUT2D eigenvalue weighted by molar-refractivity contribution is -0.415. The number of carbonyl (C=O) groups excluding carboxylic acids is 3. The molecule has 0 aliphatic carbocycles. The Morgan fingerprint density at radius 3 is 2.32 bits per heavy atom. The molecule has 0 radical (unpaired) electrons. The third kappa shape index (κ3) is 3.34. The molecule has 2 aliphatic heterocycles. The quantitative estimate of drug-likeness (QED) is 0.705. The van der Waals surface area contributed by atoms with Crippen molar-refractivity contribution in [3.8, 4) is 0 Å². The number of aryl methyl sites for hydroxylation is 2. The molecule has 0 spiro atoms. The van der Waals surface area contributed by atoms with Crippen LogP contribution in [0.4, 0.5) is 10.5 Å². The van der Waals surface area contributed by atoms with E-state index < -0.39 is 17.4 Å². The van der Waals surface area contributed by atoms with Crippen molar-refractivity contribution in [3.63, 3.8) is 0 Å². The Labute approximate surface area is 170 Å². The fraction of sp³-hybridized carbons (Fsp3) is 0.455. The second kappa shape index (κ2) is 6.99. The highest BCUT2D eigenvalue weighted by molar-refractivity contribution is 8.17. The van der Waals surface area contributed by atoms with E-state index in [-0.39, 0.29) is 18.2 Å². The van der Waals surface area contributed by atoms with Gasteiger partial charge < -0.3 is 0 Å². The third-order valence-corrected chi connectivity index (χ3v) is 6.83. The maximum atomic E-state index is 13.4. The molecule has 3 amide bonds. The van der Waals surface area contributed by atoms with E-state index in [0.29, 0.717) is 10.7 Å². The Bertz CT molecular complexity index is 966. The number of fused-ring (bicyclic) bond motifs is 1. The summed E-state index contributed by atoms with van der Waals surface area (Å²) in [5.41, 5.74) is 3.03. The van der Waals surface area contributed by atoms with Gasteiger partial charge in [0, 0.05) is 5.41 Å². The van der Waals surface area contributed by atoms with E-state index in [4.69, 9.17) is 0 Å². The molecule has 0 aromatic heterocycles. The molecule has 5 nitrogen and oxygen atoms in total. The molecule has 0 saturated carbocycles. The van der Waals surface area contributed by atoms with Gasteiger partial charge in [-0.2, -0.15) is 9.37 Å². The van der Waals surface area contributed by atoms with Crippen LogP contribution in [0.25, 0.3) is 0 Å². The third-order valence-electron chi connectivity index (χ3n) is 5.54. The fourth-order valence-electron chi connectivity index (χ4n) is 3.25. The van der Waals surface area contributed by atoms with Crippen LogP contribution in [-0.4, -0.2) is 33.9 Å². The zero-order valence-electron chi connectivity index (χ0n) is 17.5. The summed E-state index contributed by atoms with van der Waals surface area (Å²) in [5.74, 6) is -0.786. The Kier molecular flexibility index (Phi) is 5.13. The lowest BCUT2D eigenvalue weighted by Crippen LogP contribution is -2.55. The van der Waals surface area contributed by atoms with E-state index in [2.05, 4.69) is 0 Å². The van der Waals surface area contributed by atoms with E-state index >= 15 is 0 Å². The summed E-state index contributed by atoms with van der Waals surface area (Å²) in [6.07, 6.45) is 0. The molecule has 0 bridgehead atoms. The van der Waals surface area contributed by atoms with Crippen molar-refractivity contribution in [1.82, 2.24) is 0 Å². The van der Waals surface area contributed by atoms with Crippen LogP contribution >= 0.6 is 11.8 Å². The summed E-state index contributed by atoms with van der Waals surface area (Å²) in [4.78, 5) is 41.7. The van der Waals surface area contributed by atoms with Gasteiger partial charge in [0.2, 0.25) is 0 Å². The first-order valence-corrected chi connectivity index (χ1v) is 10.2. The number of nitrogens with zero attached hydrogens (tertiary/aromatic N) is 2. The second-order valence-corrected chi connectivity index (χ2v) is 9.83. The molecule has 28 heavy (non-hydrogen) atoms. The Morgan fingerprint density at radius 1 is 1.11 bits per heavy atom. The maximum Gasteiger partial charge on any atom is 0.507 e. The second-order valence-electron chi connectivity index (χ2n) is 8.60. The number of allylic oxidation sites excluding steroid dienone is 1. The number of rotatable bonds is 3. The molecule has 1 atom stereocenters. The topological polar surface area (TPSA) is 57.5 Å². The van der Waals surface area contributed by atoms with Gasteiger partial charge in [0.15, 0.2) is 23.3 Å². The highest BCUT2D eigenvalue weighted by Gasteiger charge is 2.53. The minimum atomic E-state index is -0.566. The highest BCUT2D eigenvalue weighted by atomic mass is 32.2. The van der Waals surface area contributed by atoms with Crippen molar-refractivity contribution in [3.05, 3.63) is 39.8 Å². The number of hydrogen-bond donors (Lipinski definition) is 0. The van der Waals surface area contributed by atoms with E-state index in [0.717, 1.165) is 21.6 Å². The van der Waals surface area contributed by atoms with Crippen LogP contribution < -0.4 is 4.90 Å². The largest absolute Gasteiger partial charge is 0.507 e. The molecule has 0 fully saturated rings. The number of amides is 3. The zero-order chi connectivity index (χ0) is 21.0. The van der Waals surface area contributed by atoms with Crippen LogP contribution in [0.3, 0.4) is 0 Å². The molecule has 1 unspecified atom stereocenters. The Hall–Kier alpha value is -2.21. The van der Waals surface area contributed by atoms with E-state index in [1.54, 1.807) is 6.07 Å². The average molecular weight is 400 g/mol. The number of imide groups is 1. The molecule has 6 heteroatoms. The van der Waals surface area contributed by atoms with Crippen molar-refractivity contribution < 1.29 is 19.0 Å². The van der Waals surface area contributed by atoms with E-state index in [9.17, 15) is 14.4 Å². The summed E-state index contributed by atoms with van der Waals surface area (Å²) in [6.45, 7) is 13.3. The standard InChI is InChI=1S/C22H27N2O3S/c1-12-8-9-16(10-13(12)2)24-19(26)18-14(3)15(4)28-20(18)23(21(24)27)11-17(25)22(5,6)7/h8-10,18H,11H2,1-7H3/q+1. The van der Waals surface area contributed by atoms with Crippen molar-refractivity contribution >= 4 is 40.2 Å². The van der Waals surface area contributed by atoms with Gasteiger partial charge in [-0.15, -0.1) is 4.90 Å². The molecule has 1 aromatic rings. The van der Waals surface area contributed by atoms with E-state index in [1.807, 2.05) is 60.6 Å². The normalized spacial score (nSPS) is 20.2. The Balaban J connectivity index is 2.13. The monoisotopic (exact) mass is 399 g/mol. The zero-order valence-corrected chi connectivity index (χ0v) is 18.4. The van der Waals surface area contributed by atoms with Gasteiger partial charge >= 0.3 is 11.9 Å². The number of hydrogen-bond acceptors (Lipinski definition) is 4. The molecular formula is C22H27N2O3S+. The van der Waals surface area contributed by atoms with Gasteiger partial charge in [0.05, 0.1) is 0 Å². The minimum absolute atomic E-state index is 0.0314. The van der Waals surface area contributed by atoms with Crippen molar-refractivity contribution in [2.75, 3.05) is 11.4 Å². The number of Topliss-reactive ketones (excluding diaryl/α,β-unsaturated/α-hetero) is 1. The van der Waals surface area contributed by atoms with Crippen LogP contribution in [-0.2, 0) is 9.59 Å². The first kappa shape index (κ1) is 20.5. The predicted molar refractivity (Wildman–Crippen MR) is 113 cm³/mol. The molecule has 3 rings (SSSR count). The van der Waals surface area contributed by atoms with Gasteiger partial charge in [0.1, 0.15) is 5.69 Å². The summed E-state index contributed by atoms with van der Waals surface area (Å²) < 4.78 is 1.50. The summed E-state index contributed by atoms with van der Waals surface area (Å²) >= 11 is 1.43. The SMILES string of the molecule is CC1=C(C)C2C(=O)N(c3ccc(C)c(C)c3)C(=O)[N+](CC(=O)C(C)(C)C)=C2S1. The van der Waals surface area contributed by atoms with Gasteiger partial charge in [-0.3, -0.25) is 4.79 Å². The van der Waals surface area contributed by atoms with Crippen LogP contribution in [0.5, 0.6) is 0 Å². The van der Waals surface area contributed by atoms with Gasteiger partial charge in [-0.05, 0) is 61.4 Å². The van der Waals surface area contributed by atoms with Crippen LogP contribution in [0.2, 0.25) is 0 Å². The number of benzene rings is 1. The predicted octanol–water partition coefficient (Wildman–Crippen LogP) is 4.45. The number of anilines is 1. The minimum Gasteiger partial charge on any atom is -0.295 e. The summed E-state index contributed by atoms with van der Waals surface area (Å²) in [5, 5.41) is 0.655. The smallest absolute Gasteiger partial charge is 0.295 e. The van der Waals surface area contributed by atoms with Gasteiger partial charge in [0.25, 0.3) is 0 Å². The lowest BCUT2D eigenvalue weighted by Gasteiger charge is -2.26. The lowest BCUT2D eigenvalue weighted by atomic mass is 9.90. The molecule has 2 heterocycles. The molecule has 2 aliphatic rings. The van der Waals surface area contributed by atoms with Crippen molar-refractivity contribution in [2.45, 2.75) is 48.5 Å². The molecule has 0 saturated heterocycles. The van der Waals surface area contributed by atoms with Crippen molar-refractivity contribution in [1.29, 1.82) is 0 Å². The average Bonchev–Trinajstić information content (AvgIpc) is 2.89. The number of thioether (sulfide) groups is 1. The summed E-state index contributed by atoms with van der Waals surface area (Å²) in [7, 11) is 0. The Morgan fingerprint density at radius 2 is 1.75 bits per heavy atom. The van der Waals surface area contributed by atoms with E-state index in [1.165, 1.54) is 21.2 Å². The van der Waals surface area contributed by atoms with Crippen LogP contribution in [0.15, 0.2) is 28.7 Å². The number of urea groups is 1. The molecule has 0 N–H and O–H groups in total. The first-order valence-electron chi connectivity index (χ1n) is 9.41. The fourth-order valence-corrected chi connectivity index (χ4v) is 4.49. The van der Waals surface area contributed by atoms with Crippen LogP contribution in [0, 0.1) is 25.2 Å². The maximum absolute atomic E-state index is 13.4. The molecular weight excluding hydrogens is 372 g/mol. The van der Waals surface area contributed by atoms with Crippen LogP contribution in [0.1, 0.15) is 45.7 Å². The molecule has 148 valence electrons. The highest BCUT2D eigenvalue weighted by Crippen LogP contribution is 2.41. The van der Waals surface area contributed by atoms with Crippen molar-refractivity contribution in [2.24, 2.45) is 11.3 Å². The first-order chi connectivity index (χ1) is 12.9. The van der Waals surface area contributed by atoms with Gasteiger partial charge in [-0.1, -0.05) is 38.6 Å². The molecule has 1 aromatic carbocycles. The number of carbonyl (C=O) groups is 3. The number of ketones is 1.